The molecule has 1 aliphatic rings. The van der Waals surface area contributed by atoms with Crippen molar-refractivity contribution in [2.75, 3.05) is 26.3 Å². The van der Waals surface area contributed by atoms with E-state index in [-0.39, 0.29) is 18.3 Å². The smallest absolute Gasteiger partial charge is 0.167 e. The first-order chi connectivity index (χ1) is 13.1. The third-order valence-corrected chi connectivity index (χ3v) is 5.25. The van der Waals surface area contributed by atoms with Gasteiger partial charge in [0.25, 0.3) is 0 Å². The van der Waals surface area contributed by atoms with E-state index in [0.717, 1.165) is 49.4 Å². The number of piperidine rings is 1. The molecule has 144 valence electrons. The van der Waals surface area contributed by atoms with Gasteiger partial charge in [-0.05, 0) is 67.8 Å². The third kappa shape index (κ3) is 5.32. The van der Waals surface area contributed by atoms with Gasteiger partial charge in [0.15, 0.2) is 5.78 Å². The van der Waals surface area contributed by atoms with Crippen molar-refractivity contribution in [3.8, 4) is 5.75 Å². The maximum Gasteiger partial charge on any atom is 0.167 e. The fourth-order valence-electron chi connectivity index (χ4n) is 3.65. The van der Waals surface area contributed by atoms with Crippen LogP contribution in [-0.4, -0.2) is 42.1 Å². The van der Waals surface area contributed by atoms with E-state index in [4.69, 9.17) is 21.4 Å². The maximum absolute atomic E-state index is 13.0. The summed E-state index contributed by atoms with van der Waals surface area (Å²) in [6.45, 7) is 4.87. The largest absolute Gasteiger partial charge is 0.491 e. The summed E-state index contributed by atoms with van der Waals surface area (Å²) in [7, 11) is 0. The maximum atomic E-state index is 13.0. The number of halogens is 1. The number of nitrogens with zero attached hydrogens (tertiary/aromatic N) is 1. The van der Waals surface area contributed by atoms with Crippen LogP contribution in [-0.2, 0) is 6.54 Å². The molecule has 0 spiro atoms. The fourth-order valence-corrected chi connectivity index (χ4v) is 3.88. The monoisotopic (exact) mass is 387 g/mol. The van der Waals surface area contributed by atoms with E-state index >= 15 is 0 Å². The number of ether oxygens (including phenoxy) is 1. The number of aliphatic hydroxyl groups is 1. The van der Waals surface area contributed by atoms with E-state index in [0.29, 0.717) is 11.6 Å². The summed E-state index contributed by atoms with van der Waals surface area (Å²) in [4.78, 5) is 15.3. The molecule has 0 aromatic heterocycles. The molecule has 2 aromatic rings. The average molecular weight is 388 g/mol. The Morgan fingerprint density at radius 1 is 1.26 bits per heavy atom. The molecule has 0 saturated carbocycles. The van der Waals surface area contributed by atoms with Crippen LogP contribution in [0.5, 0.6) is 5.75 Å². The number of hydrogen-bond donors (Lipinski definition) is 1. The minimum atomic E-state index is 0.0119. The molecular weight excluding hydrogens is 362 g/mol. The van der Waals surface area contributed by atoms with Gasteiger partial charge in [0, 0.05) is 29.6 Å². The van der Waals surface area contributed by atoms with Gasteiger partial charge in [0.05, 0.1) is 6.61 Å². The van der Waals surface area contributed by atoms with Crippen molar-refractivity contribution in [3.63, 3.8) is 0 Å². The summed E-state index contributed by atoms with van der Waals surface area (Å²) in [5.74, 6) is 1.02. The van der Waals surface area contributed by atoms with Crippen LogP contribution in [0.2, 0.25) is 5.02 Å². The molecule has 3 rings (SSSR count). The predicted molar refractivity (Wildman–Crippen MR) is 108 cm³/mol. The van der Waals surface area contributed by atoms with Crippen molar-refractivity contribution < 1.29 is 14.6 Å². The Balaban J connectivity index is 1.61. The van der Waals surface area contributed by atoms with Crippen LogP contribution < -0.4 is 4.74 Å². The van der Waals surface area contributed by atoms with Gasteiger partial charge in [-0.15, -0.1) is 0 Å². The first-order valence-electron chi connectivity index (χ1n) is 9.42. The average Bonchev–Trinajstić information content (AvgIpc) is 2.67. The number of rotatable bonds is 7. The molecule has 1 aliphatic heterocycles. The summed E-state index contributed by atoms with van der Waals surface area (Å²) in [5.41, 5.74) is 2.93. The van der Waals surface area contributed by atoms with Crippen molar-refractivity contribution in [1.82, 2.24) is 4.90 Å². The number of Topliss-reactive ketones (excluding diaryl/α,β-unsaturated/α-hetero) is 1. The number of hydrogen-bond acceptors (Lipinski definition) is 4. The predicted octanol–water partition coefficient (Wildman–Crippen LogP) is 4.11. The molecule has 5 heteroatoms. The lowest BCUT2D eigenvalue weighted by atomic mass is 9.88. The van der Waals surface area contributed by atoms with Gasteiger partial charge in [-0.1, -0.05) is 23.7 Å². The fraction of sp³-hybridized carbons (Fsp3) is 0.409. The number of likely N-dealkylation sites (tertiary alicyclic amines) is 1. The summed E-state index contributed by atoms with van der Waals surface area (Å²) < 4.78 is 5.40. The highest BCUT2D eigenvalue weighted by atomic mass is 35.5. The molecule has 1 unspecified atom stereocenters. The van der Waals surface area contributed by atoms with E-state index in [1.807, 2.05) is 43.3 Å². The molecule has 4 nitrogen and oxygen atoms in total. The first kappa shape index (κ1) is 19.9. The van der Waals surface area contributed by atoms with Gasteiger partial charge in [-0.25, -0.2) is 0 Å². The van der Waals surface area contributed by atoms with Crippen molar-refractivity contribution in [2.24, 2.45) is 5.92 Å². The molecule has 1 saturated heterocycles. The highest BCUT2D eigenvalue weighted by molar-refractivity contribution is 6.30. The first-order valence-corrected chi connectivity index (χ1v) is 9.80. The second-order valence-electron chi connectivity index (χ2n) is 7.11. The van der Waals surface area contributed by atoms with E-state index in [1.54, 1.807) is 6.07 Å². The summed E-state index contributed by atoms with van der Waals surface area (Å²) in [6, 6.07) is 13.4. The SMILES string of the molecule is Cc1cc(Cl)ccc1C(=O)C1CCCN(Cc2ccc(OCCO)cc2)C1. The van der Waals surface area contributed by atoms with Crippen molar-refractivity contribution >= 4 is 17.4 Å². The number of aryl methyl sites for hydroxylation is 1. The van der Waals surface area contributed by atoms with Gasteiger partial charge in [-0.3, -0.25) is 9.69 Å². The Hall–Kier alpha value is -1.88. The van der Waals surface area contributed by atoms with Gasteiger partial charge in [0.2, 0.25) is 0 Å². The van der Waals surface area contributed by atoms with E-state index in [1.165, 1.54) is 5.56 Å². The Morgan fingerprint density at radius 2 is 2.04 bits per heavy atom. The number of aliphatic hydroxyl groups excluding tert-OH is 1. The second kappa shape index (κ2) is 9.36. The zero-order valence-electron chi connectivity index (χ0n) is 15.7. The summed E-state index contributed by atoms with van der Waals surface area (Å²) >= 11 is 6.02. The van der Waals surface area contributed by atoms with Crippen LogP contribution in [0.4, 0.5) is 0 Å². The molecule has 0 bridgehead atoms. The van der Waals surface area contributed by atoms with Crippen LogP contribution in [0.15, 0.2) is 42.5 Å². The molecule has 1 N–H and O–H groups in total. The van der Waals surface area contributed by atoms with Crippen LogP contribution in [0.3, 0.4) is 0 Å². The lowest BCUT2D eigenvalue weighted by Crippen LogP contribution is -2.38. The molecule has 0 radical (unpaired) electrons. The van der Waals surface area contributed by atoms with Gasteiger partial charge in [0.1, 0.15) is 12.4 Å². The molecule has 0 amide bonds. The molecule has 27 heavy (non-hydrogen) atoms. The molecule has 1 heterocycles. The highest BCUT2D eigenvalue weighted by Gasteiger charge is 2.27. The van der Waals surface area contributed by atoms with Gasteiger partial charge < -0.3 is 9.84 Å². The summed E-state index contributed by atoms with van der Waals surface area (Å²) in [6.07, 6.45) is 1.96. The Labute approximate surface area is 165 Å². The molecule has 2 aromatic carbocycles. The van der Waals surface area contributed by atoms with E-state index < -0.39 is 0 Å². The normalized spacial score (nSPS) is 17.7. The Kier molecular flexibility index (Phi) is 6.89. The number of benzene rings is 2. The highest BCUT2D eigenvalue weighted by Crippen LogP contribution is 2.25. The van der Waals surface area contributed by atoms with Crippen LogP contribution in [0.25, 0.3) is 0 Å². The topological polar surface area (TPSA) is 49.8 Å². The second-order valence-corrected chi connectivity index (χ2v) is 7.55. The quantitative estimate of drug-likeness (QED) is 0.726. The number of carbonyl (C=O) groups excluding carboxylic acids is 1. The Morgan fingerprint density at radius 3 is 2.74 bits per heavy atom. The lowest BCUT2D eigenvalue weighted by molar-refractivity contribution is 0.0811. The standard InChI is InChI=1S/C22H26ClNO3/c1-16-13-19(23)6-9-21(16)22(26)18-3-2-10-24(15-18)14-17-4-7-20(8-5-17)27-12-11-25/h4-9,13,18,25H,2-3,10-12,14-15H2,1H3. The third-order valence-electron chi connectivity index (χ3n) is 5.02. The van der Waals surface area contributed by atoms with Gasteiger partial charge >= 0.3 is 0 Å². The van der Waals surface area contributed by atoms with Crippen LogP contribution >= 0.6 is 11.6 Å². The van der Waals surface area contributed by atoms with E-state index in [2.05, 4.69) is 4.90 Å². The number of ketones is 1. The van der Waals surface area contributed by atoms with Crippen molar-refractivity contribution in [2.45, 2.75) is 26.3 Å². The number of carbonyl (C=O) groups is 1. The minimum Gasteiger partial charge on any atom is -0.491 e. The molecule has 1 atom stereocenters. The van der Waals surface area contributed by atoms with E-state index in [9.17, 15) is 4.79 Å². The minimum absolute atomic E-state index is 0.0119. The molecular formula is C22H26ClNO3. The van der Waals surface area contributed by atoms with Crippen LogP contribution in [0.1, 0.15) is 34.3 Å². The molecule has 0 aliphatic carbocycles. The molecule has 1 fully saturated rings. The zero-order valence-corrected chi connectivity index (χ0v) is 16.4. The lowest BCUT2D eigenvalue weighted by Gasteiger charge is -2.32. The zero-order chi connectivity index (χ0) is 19.2. The van der Waals surface area contributed by atoms with Crippen molar-refractivity contribution in [3.05, 3.63) is 64.2 Å². The Bertz CT molecular complexity index is 776. The van der Waals surface area contributed by atoms with Crippen molar-refractivity contribution in [1.29, 1.82) is 0 Å². The summed E-state index contributed by atoms with van der Waals surface area (Å²) in [5, 5.41) is 9.48. The van der Waals surface area contributed by atoms with Gasteiger partial charge in [-0.2, -0.15) is 0 Å². The van der Waals surface area contributed by atoms with Crippen LogP contribution in [0, 0.1) is 12.8 Å².